The van der Waals surface area contributed by atoms with Crippen molar-refractivity contribution in [3.05, 3.63) is 77.6 Å². The second kappa shape index (κ2) is 6.98. The second-order valence-corrected chi connectivity index (χ2v) is 6.29. The van der Waals surface area contributed by atoms with Crippen LogP contribution in [0.5, 0.6) is 0 Å². The number of aromatic nitrogens is 3. The lowest BCUT2D eigenvalue weighted by Gasteiger charge is -2.11. The molecule has 0 fully saturated rings. The minimum atomic E-state index is 0.517. The fraction of sp³-hybridized carbons (Fsp3) is 0.0500. The number of pyridine rings is 1. The van der Waals surface area contributed by atoms with Crippen molar-refractivity contribution in [1.82, 2.24) is 15.0 Å². The highest BCUT2D eigenvalue weighted by molar-refractivity contribution is 6.30. The number of aryl methyl sites for hydroxylation is 1. The van der Waals surface area contributed by atoms with E-state index in [-0.39, 0.29) is 0 Å². The van der Waals surface area contributed by atoms with Crippen molar-refractivity contribution in [3.63, 3.8) is 0 Å². The molecule has 6 heteroatoms. The first-order valence-electron chi connectivity index (χ1n) is 8.16. The van der Waals surface area contributed by atoms with E-state index in [0.29, 0.717) is 16.8 Å². The van der Waals surface area contributed by atoms with Crippen molar-refractivity contribution in [2.24, 2.45) is 0 Å². The van der Waals surface area contributed by atoms with Gasteiger partial charge in [0.25, 0.3) is 0 Å². The van der Waals surface area contributed by atoms with Crippen molar-refractivity contribution in [2.45, 2.75) is 6.92 Å². The van der Waals surface area contributed by atoms with Gasteiger partial charge in [-0.25, -0.2) is 4.98 Å². The summed E-state index contributed by atoms with van der Waals surface area (Å²) in [6.07, 6.45) is 1.78. The van der Waals surface area contributed by atoms with E-state index in [2.05, 4.69) is 25.6 Å². The van der Waals surface area contributed by atoms with Gasteiger partial charge in [-0.3, -0.25) is 4.98 Å². The van der Waals surface area contributed by atoms with Crippen LogP contribution >= 0.6 is 11.6 Å². The second-order valence-electron chi connectivity index (χ2n) is 5.86. The van der Waals surface area contributed by atoms with E-state index in [1.807, 2.05) is 67.6 Å². The van der Waals surface area contributed by atoms with Gasteiger partial charge in [-0.05, 0) is 43.3 Å². The molecule has 5 nitrogen and oxygen atoms in total. The Morgan fingerprint density at radius 3 is 2.54 bits per heavy atom. The molecular weight excluding hydrogens is 346 g/mol. The summed E-state index contributed by atoms with van der Waals surface area (Å²) in [4.78, 5) is 13.5. The monoisotopic (exact) mass is 361 g/mol. The minimum Gasteiger partial charge on any atom is -0.338 e. The summed E-state index contributed by atoms with van der Waals surface area (Å²) >= 11 is 5.93. The van der Waals surface area contributed by atoms with E-state index in [4.69, 9.17) is 11.6 Å². The SMILES string of the molecule is Cc1cc(Nc2cccc3cccnc23)nc(Nc2ccc(Cl)cc2)n1. The fourth-order valence-corrected chi connectivity index (χ4v) is 2.82. The number of rotatable bonds is 4. The molecule has 0 bridgehead atoms. The quantitative estimate of drug-likeness (QED) is 0.504. The van der Waals surface area contributed by atoms with E-state index in [9.17, 15) is 0 Å². The lowest BCUT2D eigenvalue weighted by atomic mass is 10.2. The smallest absolute Gasteiger partial charge is 0.229 e. The topological polar surface area (TPSA) is 62.7 Å². The molecule has 0 spiro atoms. The highest BCUT2D eigenvalue weighted by Gasteiger charge is 2.06. The highest BCUT2D eigenvalue weighted by atomic mass is 35.5. The molecule has 0 saturated carbocycles. The first-order chi connectivity index (χ1) is 12.7. The Morgan fingerprint density at radius 1 is 0.885 bits per heavy atom. The first-order valence-corrected chi connectivity index (χ1v) is 8.54. The fourth-order valence-electron chi connectivity index (χ4n) is 2.69. The summed E-state index contributed by atoms with van der Waals surface area (Å²) in [5, 5.41) is 8.31. The van der Waals surface area contributed by atoms with Gasteiger partial charge >= 0.3 is 0 Å². The van der Waals surface area contributed by atoms with Gasteiger partial charge in [0.1, 0.15) is 5.82 Å². The molecule has 2 N–H and O–H groups in total. The normalized spacial score (nSPS) is 10.7. The molecule has 0 radical (unpaired) electrons. The van der Waals surface area contributed by atoms with Crippen molar-refractivity contribution in [1.29, 1.82) is 0 Å². The van der Waals surface area contributed by atoms with Gasteiger partial charge in [0, 0.05) is 34.1 Å². The zero-order chi connectivity index (χ0) is 17.9. The van der Waals surface area contributed by atoms with E-state index in [1.165, 1.54) is 0 Å². The van der Waals surface area contributed by atoms with Crippen molar-refractivity contribution < 1.29 is 0 Å². The number of halogens is 1. The Kier molecular flexibility index (Phi) is 4.37. The van der Waals surface area contributed by atoms with Crippen LogP contribution in [-0.2, 0) is 0 Å². The predicted octanol–water partition coefficient (Wildman–Crippen LogP) is 5.47. The summed E-state index contributed by atoms with van der Waals surface area (Å²) < 4.78 is 0. The van der Waals surface area contributed by atoms with Crippen LogP contribution in [0.1, 0.15) is 5.69 Å². The molecule has 26 heavy (non-hydrogen) atoms. The van der Waals surface area contributed by atoms with Crippen molar-refractivity contribution >= 4 is 45.6 Å². The molecule has 4 aromatic rings. The van der Waals surface area contributed by atoms with Crippen LogP contribution in [0.3, 0.4) is 0 Å². The van der Waals surface area contributed by atoms with Gasteiger partial charge in [-0.15, -0.1) is 0 Å². The molecule has 2 aromatic carbocycles. The van der Waals surface area contributed by atoms with Crippen LogP contribution in [-0.4, -0.2) is 15.0 Å². The molecular formula is C20H16ClN5. The van der Waals surface area contributed by atoms with Crippen LogP contribution in [0.2, 0.25) is 5.02 Å². The third kappa shape index (κ3) is 3.58. The third-order valence-corrected chi connectivity index (χ3v) is 4.10. The number of benzene rings is 2. The Balaban J connectivity index is 1.64. The number of fused-ring (bicyclic) bond motifs is 1. The largest absolute Gasteiger partial charge is 0.338 e. The average molecular weight is 362 g/mol. The number of nitrogens with one attached hydrogen (secondary N) is 2. The molecule has 4 rings (SSSR count). The summed E-state index contributed by atoms with van der Waals surface area (Å²) in [5.74, 6) is 1.22. The van der Waals surface area contributed by atoms with Crippen molar-refractivity contribution in [3.8, 4) is 0 Å². The predicted molar refractivity (Wildman–Crippen MR) is 107 cm³/mol. The standard InChI is InChI=1S/C20H16ClN5/c1-13-12-18(25-17-6-2-4-14-5-3-11-22-19(14)17)26-20(23-13)24-16-9-7-15(21)8-10-16/h2-12H,1H3,(H2,23,24,25,26). The Labute approximate surface area is 156 Å². The number of nitrogens with zero attached hydrogens (tertiary/aromatic N) is 3. The summed E-state index contributed by atoms with van der Waals surface area (Å²) in [5.41, 5.74) is 3.53. The lowest BCUT2D eigenvalue weighted by Crippen LogP contribution is -2.02. The maximum atomic E-state index is 5.93. The minimum absolute atomic E-state index is 0.517. The molecule has 2 aromatic heterocycles. The molecule has 0 unspecified atom stereocenters. The molecule has 0 aliphatic carbocycles. The Hall–Kier alpha value is -3.18. The van der Waals surface area contributed by atoms with Crippen molar-refractivity contribution in [2.75, 3.05) is 10.6 Å². The lowest BCUT2D eigenvalue weighted by molar-refractivity contribution is 1.11. The van der Waals surface area contributed by atoms with Crippen LogP contribution in [0, 0.1) is 6.92 Å². The first kappa shape index (κ1) is 16.3. The average Bonchev–Trinajstić information content (AvgIpc) is 2.64. The Bertz CT molecular complexity index is 1060. The summed E-state index contributed by atoms with van der Waals surface area (Å²) in [6.45, 7) is 1.93. The molecule has 2 heterocycles. The molecule has 0 aliphatic rings. The van der Waals surface area contributed by atoms with E-state index >= 15 is 0 Å². The number of para-hydroxylation sites is 1. The van der Waals surface area contributed by atoms with E-state index in [1.54, 1.807) is 6.20 Å². The third-order valence-electron chi connectivity index (χ3n) is 3.85. The maximum absolute atomic E-state index is 5.93. The van der Waals surface area contributed by atoms with Gasteiger partial charge in [0.05, 0.1) is 11.2 Å². The van der Waals surface area contributed by atoms with Gasteiger partial charge in [-0.1, -0.05) is 29.8 Å². The molecule has 0 aliphatic heterocycles. The molecule has 0 atom stereocenters. The molecule has 128 valence electrons. The maximum Gasteiger partial charge on any atom is 0.229 e. The zero-order valence-electron chi connectivity index (χ0n) is 14.1. The van der Waals surface area contributed by atoms with Crippen LogP contribution in [0.4, 0.5) is 23.1 Å². The molecule has 0 saturated heterocycles. The van der Waals surface area contributed by atoms with E-state index < -0.39 is 0 Å². The van der Waals surface area contributed by atoms with Gasteiger partial charge in [0.2, 0.25) is 5.95 Å². The highest BCUT2D eigenvalue weighted by Crippen LogP contribution is 2.25. The number of hydrogen-bond acceptors (Lipinski definition) is 5. The number of hydrogen-bond donors (Lipinski definition) is 2. The van der Waals surface area contributed by atoms with E-state index in [0.717, 1.165) is 28.0 Å². The van der Waals surface area contributed by atoms with Gasteiger partial charge in [-0.2, -0.15) is 4.98 Å². The van der Waals surface area contributed by atoms with Crippen LogP contribution in [0.15, 0.2) is 66.9 Å². The van der Waals surface area contributed by atoms with Crippen LogP contribution in [0.25, 0.3) is 10.9 Å². The zero-order valence-corrected chi connectivity index (χ0v) is 14.8. The Morgan fingerprint density at radius 2 is 1.69 bits per heavy atom. The number of anilines is 4. The summed E-state index contributed by atoms with van der Waals surface area (Å²) in [6, 6.07) is 19.3. The molecule has 0 amide bonds. The summed E-state index contributed by atoms with van der Waals surface area (Å²) in [7, 11) is 0. The van der Waals surface area contributed by atoms with Gasteiger partial charge < -0.3 is 10.6 Å². The van der Waals surface area contributed by atoms with Crippen LogP contribution < -0.4 is 10.6 Å². The van der Waals surface area contributed by atoms with Gasteiger partial charge in [0.15, 0.2) is 0 Å².